The van der Waals surface area contributed by atoms with Crippen LogP contribution >= 0.6 is 0 Å². The van der Waals surface area contributed by atoms with Crippen molar-refractivity contribution in [3.05, 3.63) is 41.3 Å². The minimum absolute atomic E-state index is 0.200. The summed E-state index contributed by atoms with van der Waals surface area (Å²) in [4.78, 5) is 12.1. The molecule has 0 saturated carbocycles. The van der Waals surface area contributed by atoms with Gasteiger partial charge in [-0.1, -0.05) is 18.1 Å². The standard InChI is InChI=1S/C17H22N2O4/c1-5-8-22-15-7-6-13(10-16(15)21-4)12(3)18-17(20)14-9-11(2)23-19-14/h6-7,9-10,12H,5,8H2,1-4H3,(H,18,20)/t12-/m1/s1. The maximum atomic E-state index is 12.1. The number of rotatable bonds is 7. The van der Waals surface area contributed by atoms with Crippen LogP contribution < -0.4 is 14.8 Å². The van der Waals surface area contributed by atoms with Gasteiger partial charge in [-0.15, -0.1) is 0 Å². The lowest BCUT2D eigenvalue weighted by Gasteiger charge is -2.16. The molecular weight excluding hydrogens is 296 g/mol. The zero-order valence-electron chi connectivity index (χ0n) is 13.9. The highest BCUT2D eigenvalue weighted by molar-refractivity contribution is 5.92. The molecule has 2 rings (SSSR count). The molecule has 0 aliphatic rings. The first-order chi connectivity index (χ1) is 11.0. The molecule has 1 aromatic heterocycles. The Morgan fingerprint density at radius 3 is 2.74 bits per heavy atom. The van der Waals surface area contributed by atoms with E-state index >= 15 is 0 Å². The molecule has 124 valence electrons. The quantitative estimate of drug-likeness (QED) is 0.848. The Labute approximate surface area is 135 Å². The van der Waals surface area contributed by atoms with Crippen molar-refractivity contribution in [2.24, 2.45) is 0 Å². The van der Waals surface area contributed by atoms with Crippen molar-refractivity contribution >= 4 is 5.91 Å². The third kappa shape index (κ3) is 4.25. The molecule has 1 N–H and O–H groups in total. The first-order valence-electron chi connectivity index (χ1n) is 7.60. The second-order valence-corrected chi connectivity index (χ2v) is 5.28. The van der Waals surface area contributed by atoms with Gasteiger partial charge < -0.3 is 19.3 Å². The molecule has 0 saturated heterocycles. The lowest BCUT2D eigenvalue weighted by Crippen LogP contribution is -2.26. The van der Waals surface area contributed by atoms with E-state index in [1.165, 1.54) is 0 Å². The van der Waals surface area contributed by atoms with Crippen LogP contribution in [0.3, 0.4) is 0 Å². The molecule has 0 bridgehead atoms. The molecular formula is C17H22N2O4. The van der Waals surface area contributed by atoms with E-state index < -0.39 is 0 Å². The molecule has 23 heavy (non-hydrogen) atoms. The minimum Gasteiger partial charge on any atom is -0.493 e. The average Bonchev–Trinajstić information content (AvgIpc) is 2.99. The number of benzene rings is 1. The SMILES string of the molecule is CCCOc1ccc([C@@H](C)NC(=O)c2cc(C)on2)cc1OC. The zero-order valence-corrected chi connectivity index (χ0v) is 13.9. The maximum Gasteiger partial charge on any atom is 0.273 e. The van der Waals surface area contributed by atoms with Crippen molar-refractivity contribution in [2.45, 2.75) is 33.2 Å². The molecule has 6 heteroatoms. The van der Waals surface area contributed by atoms with E-state index in [4.69, 9.17) is 14.0 Å². The minimum atomic E-state index is -0.278. The molecule has 2 aromatic rings. The first kappa shape index (κ1) is 16.9. The molecule has 1 heterocycles. The van der Waals surface area contributed by atoms with E-state index in [1.54, 1.807) is 20.1 Å². The predicted molar refractivity (Wildman–Crippen MR) is 85.9 cm³/mol. The van der Waals surface area contributed by atoms with Crippen molar-refractivity contribution in [3.8, 4) is 11.5 Å². The van der Waals surface area contributed by atoms with Crippen molar-refractivity contribution in [1.82, 2.24) is 10.5 Å². The second-order valence-electron chi connectivity index (χ2n) is 5.28. The summed E-state index contributed by atoms with van der Waals surface area (Å²) in [5, 5.41) is 6.59. The van der Waals surface area contributed by atoms with E-state index in [9.17, 15) is 4.79 Å². The van der Waals surface area contributed by atoms with E-state index in [2.05, 4.69) is 10.5 Å². The van der Waals surface area contributed by atoms with Gasteiger partial charge in [0.15, 0.2) is 17.2 Å². The molecule has 0 radical (unpaired) electrons. The van der Waals surface area contributed by atoms with Gasteiger partial charge in [-0.05, 0) is 38.0 Å². The number of carbonyl (C=O) groups excluding carboxylic acids is 1. The van der Waals surface area contributed by atoms with E-state index in [0.717, 1.165) is 12.0 Å². The largest absolute Gasteiger partial charge is 0.493 e. The summed E-state index contributed by atoms with van der Waals surface area (Å²) in [7, 11) is 1.60. The summed E-state index contributed by atoms with van der Waals surface area (Å²) in [6.07, 6.45) is 0.925. The first-order valence-corrected chi connectivity index (χ1v) is 7.60. The number of carbonyl (C=O) groups is 1. The average molecular weight is 318 g/mol. The van der Waals surface area contributed by atoms with Crippen LogP contribution in [-0.2, 0) is 0 Å². The van der Waals surface area contributed by atoms with Gasteiger partial charge in [0.05, 0.1) is 19.8 Å². The summed E-state index contributed by atoms with van der Waals surface area (Å²) < 4.78 is 15.9. The monoisotopic (exact) mass is 318 g/mol. The third-order valence-electron chi connectivity index (χ3n) is 3.36. The molecule has 1 atom stereocenters. The van der Waals surface area contributed by atoms with Crippen LogP contribution in [0.4, 0.5) is 0 Å². The Bertz CT molecular complexity index is 666. The summed E-state index contributed by atoms with van der Waals surface area (Å²) in [6, 6.07) is 7.03. The third-order valence-corrected chi connectivity index (χ3v) is 3.36. The van der Waals surface area contributed by atoms with Crippen LogP contribution in [0.25, 0.3) is 0 Å². The van der Waals surface area contributed by atoms with Crippen LogP contribution in [0.2, 0.25) is 0 Å². The number of hydrogen-bond acceptors (Lipinski definition) is 5. The fourth-order valence-electron chi connectivity index (χ4n) is 2.11. The summed E-state index contributed by atoms with van der Waals surface area (Å²) in [5.41, 5.74) is 1.18. The highest BCUT2D eigenvalue weighted by atomic mass is 16.5. The van der Waals surface area contributed by atoms with Crippen molar-refractivity contribution < 1.29 is 18.8 Å². The van der Waals surface area contributed by atoms with Gasteiger partial charge in [-0.3, -0.25) is 4.79 Å². The number of aryl methyl sites for hydroxylation is 1. The number of nitrogens with one attached hydrogen (secondary N) is 1. The van der Waals surface area contributed by atoms with Gasteiger partial charge in [0.25, 0.3) is 5.91 Å². The number of methoxy groups -OCH3 is 1. The Balaban J connectivity index is 2.09. The number of amides is 1. The van der Waals surface area contributed by atoms with Crippen LogP contribution in [0.5, 0.6) is 11.5 Å². The molecule has 0 aliphatic carbocycles. The lowest BCUT2D eigenvalue weighted by molar-refractivity contribution is 0.0930. The van der Waals surface area contributed by atoms with Gasteiger partial charge >= 0.3 is 0 Å². The Morgan fingerprint density at radius 2 is 2.13 bits per heavy atom. The zero-order chi connectivity index (χ0) is 16.8. The Morgan fingerprint density at radius 1 is 1.35 bits per heavy atom. The number of nitrogens with zero attached hydrogens (tertiary/aromatic N) is 1. The van der Waals surface area contributed by atoms with Crippen molar-refractivity contribution in [3.63, 3.8) is 0 Å². The van der Waals surface area contributed by atoms with Crippen molar-refractivity contribution in [1.29, 1.82) is 0 Å². The Hall–Kier alpha value is -2.50. The van der Waals surface area contributed by atoms with E-state index in [-0.39, 0.29) is 17.6 Å². The number of aromatic nitrogens is 1. The van der Waals surface area contributed by atoms with Crippen LogP contribution in [-0.4, -0.2) is 24.8 Å². The molecule has 0 fully saturated rings. The molecule has 1 amide bonds. The molecule has 0 unspecified atom stereocenters. The molecule has 0 aliphatic heterocycles. The predicted octanol–water partition coefficient (Wildman–Crippen LogP) is 3.27. The summed E-state index contributed by atoms with van der Waals surface area (Å²) >= 11 is 0. The maximum absolute atomic E-state index is 12.1. The second kappa shape index (κ2) is 7.67. The topological polar surface area (TPSA) is 73.6 Å². The highest BCUT2D eigenvalue weighted by Crippen LogP contribution is 2.30. The molecule has 6 nitrogen and oxygen atoms in total. The van der Waals surface area contributed by atoms with Crippen LogP contribution in [0.15, 0.2) is 28.8 Å². The smallest absolute Gasteiger partial charge is 0.273 e. The summed E-state index contributed by atoms with van der Waals surface area (Å²) in [6.45, 7) is 6.32. The fraction of sp³-hybridized carbons (Fsp3) is 0.412. The van der Waals surface area contributed by atoms with Crippen LogP contribution in [0.1, 0.15) is 48.1 Å². The van der Waals surface area contributed by atoms with Gasteiger partial charge in [-0.2, -0.15) is 0 Å². The highest BCUT2D eigenvalue weighted by Gasteiger charge is 2.16. The normalized spacial score (nSPS) is 11.8. The Kier molecular flexibility index (Phi) is 5.62. The van der Waals surface area contributed by atoms with Gasteiger partial charge in [-0.25, -0.2) is 0 Å². The van der Waals surface area contributed by atoms with Crippen LogP contribution in [0, 0.1) is 6.92 Å². The molecule has 1 aromatic carbocycles. The van der Waals surface area contributed by atoms with E-state index in [0.29, 0.717) is 23.9 Å². The van der Waals surface area contributed by atoms with E-state index in [1.807, 2.05) is 32.0 Å². The summed E-state index contributed by atoms with van der Waals surface area (Å²) in [5.74, 6) is 1.67. The number of hydrogen-bond donors (Lipinski definition) is 1. The van der Waals surface area contributed by atoms with Gasteiger partial charge in [0.1, 0.15) is 5.76 Å². The van der Waals surface area contributed by atoms with Gasteiger partial charge in [0, 0.05) is 6.07 Å². The fourth-order valence-corrected chi connectivity index (χ4v) is 2.11. The lowest BCUT2D eigenvalue weighted by atomic mass is 10.1. The molecule has 0 spiro atoms. The number of ether oxygens (including phenoxy) is 2. The van der Waals surface area contributed by atoms with Crippen molar-refractivity contribution in [2.75, 3.05) is 13.7 Å². The van der Waals surface area contributed by atoms with Gasteiger partial charge in [0.2, 0.25) is 0 Å².